The molecule has 9 rings (SSSR count). The Morgan fingerprint density at radius 3 is 0.932 bits per heavy atom. The molecule has 0 unspecified atom stereocenters. The van der Waals surface area contributed by atoms with Crippen LogP contribution in [0.2, 0.25) is 0 Å². The lowest BCUT2D eigenvalue weighted by Gasteiger charge is -2.45. The monoisotopic (exact) mass is 980 g/mol. The summed E-state index contributed by atoms with van der Waals surface area (Å²) in [5.41, 5.74) is 7.01. The number of rotatable bonds is 23. The first-order valence-corrected chi connectivity index (χ1v) is 25.1. The molecule has 376 valence electrons. The minimum absolute atomic E-state index is 0.188. The number of hydrogen-bond donors (Lipinski definition) is 0. The van der Waals surface area contributed by atoms with Crippen LogP contribution >= 0.6 is 0 Å². The molecule has 0 N–H and O–H groups in total. The molecule has 0 aromatic heterocycles. The van der Waals surface area contributed by atoms with E-state index in [4.69, 9.17) is 47.4 Å². The van der Waals surface area contributed by atoms with Crippen LogP contribution in [0.1, 0.15) is 38.9 Å². The van der Waals surface area contributed by atoms with Crippen LogP contribution < -0.4 is 0 Å². The second-order valence-corrected chi connectivity index (χ2v) is 18.1. The molecule has 0 saturated carbocycles. The van der Waals surface area contributed by atoms with E-state index in [0.29, 0.717) is 26.4 Å². The molecule has 7 aromatic carbocycles. The van der Waals surface area contributed by atoms with Gasteiger partial charge in [-0.1, -0.05) is 224 Å². The fraction of sp³-hybridized carbons (Fsp3) is 0.302. The van der Waals surface area contributed by atoms with Gasteiger partial charge in [0.15, 0.2) is 6.29 Å². The summed E-state index contributed by atoms with van der Waals surface area (Å²) in [6.07, 6.45) is -7.47. The minimum Gasteiger partial charge on any atom is -0.374 e. The summed E-state index contributed by atoms with van der Waals surface area (Å²) in [5, 5.41) is 0. The predicted molar refractivity (Wildman–Crippen MR) is 278 cm³/mol. The highest BCUT2D eigenvalue weighted by Crippen LogP contribution is 2.34. The van der Waals surface area contributed by atoms with Crippen LogP contribution in [0, 0.1) is 11.8 Å². The second kappa shape index (κ2) is 27.7. The normalized spacial score (nSPS) is 23.8. The average molecular weight is 981 g/mol. The zero-order valence-corrected chi connectivity index (χ0v) is 41.2. The van der Waals surface area contributed by atoms with Crippen molar-refractivity contribution >= 4 is 0 Å². The highest BCUT2D eigenvalue weighted by atomic mass is 16.7. The fourth-order valence-electron chi connectivity index (χ4n) is 9.03. The molecule has 0 bridgehead atoms. The summed E-state index contributed by atoms with van der Waals surface area (Å²) < 4.78 is 68.1. The third-order valence-electron chi connectivity index (χ3n) is 12.8. The van der Waals surface area contributed by atoms with Gasteiger partial charge < -0.3 is 47.4 Å². The molecular weight excluding hydrogens is 917 g/mol. The lowest BCUT2D eigenvalue weighted by molar-refractivity contribution is -0.307. The van der Waals surface area contributed by atoms with E-state index in [1.807, 2.05) is 212 Å². The van der Waals surface area contributed by atoms with E-state index in [1.54, 1.807) is 7.11 Å². The zero-order valence-electron chi connectivity index (χ0n) is 41.2. The van der Waals surface area contributed by atoms with Crippen LogP contribution in [0.5, 0.6) is 0 Å². The standard InChI is InChI=1S/C63H64O10/c1-64-63-62(71-45-53-35-21-8-22-36-53)61(70-44-52-33-19-7-20-34-52)58(67-41-49-27-13-4-14-28-49)55(73-63)38-37-54-57(66-40-48-25-11-3-12-26-48)60(69-43-51-31-17-6-18-32-51)59(68-42-50-29-15-5-16-30-50)56(72-54)46-65-39-47-23-9-2-10-24-47/h2-36,54-63H,39-46H2,1H3/t54-,55+,56+,57-,58-,59-,60+,61-,62+,63+/m0/s1. The Balaban J connectivity index is 1.09. The van der Waals surface area contributed by atoms with Crippen molar-refractivity contribution < 1.29 is 47.4 Å². The van der Waals surface area contributed by atoms with Crippen molar-refractivity contribution in [2.75, 3.05) is 13.7 Å². The highest BCUT2D eigenvalue weighted by Gasteiger charge is 2.50. The summed E-state index contributed by atoms with van der Waals surface area (Å²) in [7, 11) is 1.61. The largest absolute Gasteiger partial charge is 0.374 e. The van der Waals surface area contributed by atoms with Crippen LogP contribution in [-0.2, 0) is 93.6 Å². The molecule has 10 atom stereocenters. The van der Waals surface area contributed by atoms with Crippen molar-refractivity contribution in [1.82, 2.24) is 0 Å². The summed E-state index contributed by atoms with van der Waals surface area (Å²) >= 11 is 0. The van der Waals surface area contributed by atoms with Gasteiger partial charge in [0.2, 0.25) is 0 Å². The third kappa shape index (κ3) is 15.1. The molecule has 7 aromatic rings. The van der Waals surface area contributed by atoms with E-state index in [9.17, 15) is 0 Å². The molecule has 0 aliphatic carbocycles. The van der Waals surface area contributed by atoms with Gasteiger partial charge in [-0.3, -0.25) is 0 Å². The first-order valence-electron chi connectivity index (χ1n) is 25.1. The molecule has 0 spiro atoms. The lowest BCUT2D eigenvalue weighted by Crippen LogP contribution is -2.61. The first kappa shape index (κ1) is 51.6. The van der Waals surface area contributed by atoms with Gasteiger partial charge in [-0.15, -0.1) is 0 Å². The SMILES string of the molecule is CO[C@@H]1O[C@H](C#C[C@@H]2O[C@H](COCc3ccccc3)[C@H](OCc3ccccc3)[C@H](OCc3ccccc3)[C@H]2OCc2ccccc2)[C@H](OCc2ccccc2)[C@H](OCc2ccccc2)[C@H]1OCc1ccccc1. The Hall–Kier alpha value is -6.30. The lowest BCUT2D eigenvalue weighted by atomic mass is 9.93. The average Bonchev–Trinajstić information content (AvgIpc) is 3.45. The molecule has 0 radical (unpaired) electrons. The summed E-state index contributed by atoms with van der Waals surface area (Å²) in [6.45, 7) is 2.28. The topological polar surface area (TPSA) is 92.3 Å². The maximum absolute atomic E-state index is 7.15. The van der Waals surface area contributed by atoms with Crippen LogP contribution in [-0.4, -0.2) is 74.9 Å². The molecule has 10 nitrogen and oxygen atoms in total. The Bertz CT molecular complexity index is 2670. The van der Waals surface area contributed by atoms with Crippen LogP contribution in [0.25, 0.3) is 0 Å². The first-order chi connectivity index (χ1) is 36.2. The molecule has 2 fully saturated rings. The quantitative estimate of drug-likeness (QED) is 0.0577. The molecule has 0 amide bonds. The molecule has 2 saturated heterocycles. The van der Waals surface area contributed by atoms with Gasteiger partial charge in [-0.05, 0) is 38.9 Å². The molecule has 10 heteroatoms. The van der Waals surface area contributed by atoms with E-state index < -0.39 is 61.2 Å². The van der Waals surface area contributed by atoms with Crippen molar-refractivity contribution in [3.63, 3.8) is 0 Å². The Kier molecular flexibility index (Phi) is 19.6. The van der Waals surface area contributed by atoms with E-state index in [-0.39, 0.29) is 26.4 Å². The van der Waals surface area contributed by atoms with Gasteiger partial charge in [0.05, 0.1) is 52.9 Å². The maximum atomic E-state index is 7.15. The Morgan fingerprint density at radius 2 is 0.589 bits per heavy atom. The minimum atomic E-state index is -0.882. The highest BCUT2D eigenvalue weighted by molar-refractivity contribution is 5.23. The van der Waals surface area contributed by atoms with Gasteiger partial charge in [0.1, 0.15) is 54.9 Å². The molecule has 2 heterocycles. The Morgan fingerprint density at radius 1 is 0.315 bits per heavy atom. The van der Waals surface area contributed by atoms with Crippen molar-refractivity contribution in [3.05, 3.63) is 251 Å². The number of ether oxygens (including phenoxy) is 10. The molecular formula is C63H64O10. The molecule has 2 aliphatic heterocycles. The third-order valence-corrected chi connectivity index (χ3v) is 12.8. The van der Waals surface area contributed by atoms with Gasteiger partial charge in [0.25, 0.3) is 0 Å². The maximum Gasteiger partial charge on any atom is 0.187 e. The molecule has 73 heavy (non-hydrogen) atoms. The Labute approximate surface area is 430 Å². The summed E-state index contributed by atoms with van der Waals surface area (Å²) in [6, 6.07) is 70.4. The van der Waals surface area contributed by atoms with Crippen LogP contribution in [0.3, 0.4) is 0 Å². The predicted octanol–water partition coefficient (Wildman–Crippen LogP) is 10.9. The van der Waals surface area contributed by atoms with Gasteiger partial charge >= 0.3 is 0 Å². The number of methoxy groups -OCH3 is 1. The zero-order chi connectivity index (χ0) is 49.7. The smallest absolute Gasteiger partial charge is 0.187 e. The summed E-state index contributed by atoms with van der Waals surface area (Å²) in [5.74, 6) is 7.04. The van der Waals surface area contributed by atoms with E-state index >= 15 is 0 Å². The number of benzene rings is 7. The fourth-order valence-corrected chi connectivity index (χ4v) is 9.03. The van der Waals surface area contributed by atoms with Crippen LogP contribution in [0.15, 0.2) is 212 Å². The van der Waals surface area contributed by atoms with Gasteiger partial charge in [0, 0.05) is 7.11 Å². The van der Waals surface area contributed by atoms with E-state index in [2.05, 4.69) is 11.8 Å². The van der Waals surface area contributed by atoms with E-state index in [1.165, 1.54) is 0 Å². The van der Waals surface area contributed by atoms with Crippen molar-refractivity contribution in [3.8, 4) is 11.8 Å². The van der Waals surface area contributed by atoms with Gasteiger partial charge in [-0.25, -0.2) is 0 Å². The second-order valence-electron chi connectivity index (χ2n) is 18.1. The van der Waals surface area contributed by atoms with Gasteiger partial charge in [-0.2, -0.15) is 0 Å². The summed E-state index contributed by atoms with van der Waals surface area (Å²) in [4.78, 5) is 0. The van der Waals surface area contributed by atoms with Crippen molar-refractivity contribution in [1.29, 1.82) is 0 Å². The molecule has 2 aliphatic rings. The van der Waals surface area contributed by atoms with Crippen molar-refractivity contribution in [2.24, 2.45) is 0 Å². The number of hydrogen-bond acceptors (Lipinski definition) is 10. The van der Waals surface area contributed by atoms with E-state index in [0.717, 1.165) is 38.9 Å². The van der Waals surface area contributed by atoms with Crippen LogP contribution in [0.4, 0.5) is 0 Å². The van der Waals surface area contributed by atoms with Crippen molar-refractivity contribution in [2.45, 2.75) is 107 Å².